The number of ketones is 1. The molecule has 0 spiro atoms. The maximum absolute atomic E-state index is 12.3. The standard InChI is InChI=1S/C16H19NO2S/c1-10(2)13-5-7-14(8-6-13)15(18)9-17-11(3)12(4)20-16(17)19/h5-8,10H,9H2,1-4H3. The third kappa shape index (κ3) is 2.90. The van der Waals surface area contributed by atoms with Crippen molar-refractivity contribution in [2.45, 2.75) is 40.2 Å². The van der Waals surface area contributed by atoms with Gasteiger partial charge < -0.3 is 0 Å². The molecule has 0 atom stereocenters. The maximum Gasteiger partial charge on any atom is 0.307 e. The summed E-state index contributed by atoms with van der Waals surface area (Å²) in [5, 5.41) is 0. The van der Waals surface area contributed by atoms with Gasteiger partial charge in [-0.05, 0) is 25.3 Å². The molecule has 0 radical (unpaired) electrons. The lowest BCUT2D eigenvalue weighted by atomic mass is 10.0. The Morgan fingerprint density at radius 2 is 1.80 bits per heavy atom. The van der Waals surface area contributed by atoms with Crippen LogP contribution in [-0.4, -0.2) is 10.4 Å². The third-order valence-corrected chi connectivity index (χ3v) is 4.57. The zero-order valence-electron chi connectivity index (χ0n) is 12.3. The van der Waals surface area contributed by atoms with E-state index >= 15 is 0 Å². The number of carbonyl (C=O) groups excluding carboxylic acids is 1. The first-order chi connectivity index (χ1) is 9.40. The Balaban J connectivity index is 2.22. The summed E-state index contributed by atoms with van der Waals surface area (Å²) in [6.07, 6.45) is 0. The second-order valence-corrected chi connectivity index (χ2v) is 6.46. The minimum atomic E-state index is -0.0628. The van der Waals surface area contributed by atoms with Gasteiger partial charge in [0.15, 0.2) is 5.78 Å². The van der Waals surface area contributed by atoms with Crippen molar-refractivity contribution in [2.24, 2.45) is 0 Å². The highest BCUT2D eigenvalue weighted by Crippen LogP contribution is 2.16. The van der Waals surface area contributed by atoms with E-state index in [2.05, 4.69) is 13.8 Å². The van der Waals surface area contributed by atoms with Crippen LogP contribution in [0.2, 0.25) is 0 Å². The zero-order valence-corrected chi connectivity index (χ0v) is 13.1. The van der Waals surface area contributed by atoms with Crippen LogP contribution in [0.5, 0.6) is 0 Å². The van der Waals surface area contributed by atoms with Crippen molar-refractivity contribution in [3.63, 3.8) is 0 Å². The Hall–Kier alpha value is -1.68. The number of hydrogen-bond donors (Lipinski definition) is 0. The number of aromatic nitrogens is 1. The molecule has 0 N–H and O–H groups in total. The van der Waals surface area contributed by atoms with Crippen LogP contribution in [0.25, 0.3) is 0 Å². The predicted molar refractivity (Wildman–Crippen MR) is 82.9 cm³/mol. The number of nitrogens with zero attached hydrogens (tertiary/aromatic N) is 1. The van der Waals surface area contributed by atoms with Gasteiger partial charge in [-0.2, -0.15) is 0 Å². The largest absolute Gasteiger partial charge is 0.307 e. The highest BCUT2D eigenvalue weighted by atomic mass is 32.1. The van der Waals surface area contributed by atoms with Gasteiger partial charge in [-0.1, -0.05) is 49.4 Å². The van der Waals surface area contributed by atoms with Gasteiger partial charge in [-0.3, -0.25) is 14.2 Å². The van der Waals surface area contributed by atoms with Crippen LogP contribution in [0.3, 0.4) is 0 Å². The second kappa shape index (κ2) is 5.75. The minimum Gasteiger partial charge on any atom is -0.295 e. The monoisotopic (exact) mass is 289 g/mol. The second-order valence-electron chi connectivity index (χ2n) is 5.30. The molecule has 0 aliphatic rings. The average molecular weight is 289 g/mol. The van der Waals surface area contributed by atoms with Crippen molar-refractivity contribution < 1.29 is 4.79 Å². The SMILES string of the molecule is Cc1sc(=O)n(CC(=O)c2ccc(C(C)C)cc2)c1C. The molecule has 1 heterocycles. The molecule has 3 nitrogen and oxygen atoms in total. The van der Waals surface area contributed by atoms with E-state index in [1.165, 1.54) is 16.9 Å². The summed E-state index contributed by atoms with van der Waals surface area (Å²) in [6.45, 7) is 8.14. The van der Waals surface area contributed by atoms with Gasteiger partial charge in [0.2, 0.25) is 0 Å². The summed E-state index contributed by atoms with van der Waals surface area (Å²) in [4.78, 5) is 25.0. The van der Waals surface area contributed by atoms with E-state index in [1.54, 1.807) is 4.57 Å². The average Bonchev–Trinajstić information content (AvgIpc) is 2.65. The van der Waals surface area contributed by atoms with E-state index in [4.69, 9.17) is 0 Å². The summed E-state index contributed by atoms with van der Waals surface area (Å²) >= 11 is 1.19. The first-order valence-corrected chi connectivity index (χ1v) is 7.51. The lowest BCUT2D eigenvalue weighted by Gasteiger charge is -2.07. The third-order valence-electron chi connectivity index (χ3n) is 3.58. The van der Waals surface area contributed by atoms with E-state index < -0.39 is 0 Å². The molecule has 1 aromatic heterocycles. The Labute approximate surface area is 122 Å². The van der Waals surface area contributed by atoms with E-state index in [0.717, 1.165) is 10.6 Å². The van der Waals surface area contributed by atoms with E-state index in [-0.39, 0.29) is 17.2 Å². The lowest BCUT2D eigenvalue weighted by Crippen LogP contribution is -2.20. The molecule has 0 aliphatic carbocycles. The van der Waals surface area contributed by atoms with E-state index in [1.807, 2.05) is 38.1 Å². The smallest absolute Gasteiger partial charge is 0.295 e. The number of Topliss-reactive ketones (excluding diaryl/α,β-unsaturated/α-hetero) is 1. The molecule has 2 rings (SSSR count). The van der Waals surface area contributed by atoms with Gasteiger partial charge >= 0.3 is 4.87 Å². The van der Waals surface area contributed by atoms with Crippen molar-refractivity contribution in [3.8, 4) is 0 Å². The quantitative estimate of drug-likeness (QED) is 0.808. The van der Waals surface area contributed by atoms with Gasteiger partial charge in [0.25, 0.3) is 0 Å². The lowest BCUT2D eigenvalue weighted by molar-refractivity contribution is 0.0970. The van der Waals surface area contributed by atoms with E-state index in [9.17, 15) is 9.59 Å². The molecule has 0 bridgehead atoms. The van der Waals surface area contributed by atoms with Crippen molar-refractivity contribution in [1.82, 2.24) is 4.57 Å². The Kier molecular flexibility index (Phi) is 4.23. The topological polar surface area (TPSA) is 39.1 Å². The fourth-order valence-electron chi connectivity index (χ4n) is 2.06. The summed E-state index contributed by atoms with van der Waals surface area (Å²) in [5.41, 5.74) is 2.75. The predicted octanol–water partition coefficient (Wildman–Crippen LogP) is 3.53. The van der Waals surface area contributed by atoms with Gasteiger partial charge in [0, 0.05) is 16.1 Å². The normalized spacial score (nSPS) is 11.1. The van der Waals surface area contributed by atoms with Crippen LogP contribution >= 0.6 is 11.3 Å². The molecule has 0 aliphatic heterocycles. The Morgan fingerprint density at radius 1 is 1.20 bits per heavy atom. The number of hydrogen-bond acceptors (Lipinski definition) is 3. The molecule has 0 saturated heterocycles. The zero-order chi connectivity index (χ0) is 14.9. The van der Waals surface area contributed by atoms with Crippen molar-refractivity contribution in [2.75, 3.05) is 0 Å². The van der Waals surface area contributed by atoms with Crippen molar-refractivity contribution in [3.05, 3.63) is 55.6 Å². The summed E-state index contributed by atoms with van der Waals surface area (Å²) in [6, 6.07) is 7.65. The van der Waals surface area contributed by atoms with Gasteiger partial charge in [0.05, 0.1) is 6.54 Å². The molecule has 4 heteroatoms. The first kappa shape index (κ1) is 14.7. The van der Waals surface area contributed by atoms with Crippen LogP contribution in [-0.2, 0) is 6.54 Å². The van der Waals surface area contributed by atoms with Crippen LogP contribution in [0.15, 0.2) is 29.1 Å². The number of thiazole rings is 1. The van der Waals surface area contributed by atoms with Gasteiger partial charge in [0.1, 0.15) is 0 Å². The molecular weight excluding hydrogens is 270 g/mol. The van der Waals surface area contributed by atoms with Crippen molar-refractivity contribution in [1.29, 1.82) is 0 Å². The first-order valence-electron chi connectivity index (χ1n) is 6.70. The molecular formula is C16H19NO2S. The molecule has 0 amide bonds. The fourth-order valence-corrected chi connectivity index (χ4v) is 2.89. The maximum atomic E-state index is 12.3. The van der Waals surface area contributed by atoms with Crippen LogP contribution in [0.1, 0.15) is 46.3 Å². The number of rotatable bonds is 4. The highest BCUT2D eigenvalue weighted by Gasteiger charge is 2.13. The number of carbonyl (C=O) groups is 1. The molecule has 0 fully saturated rings. The molecule has 0 unspecified atom stereocenters. The Morgan fingerprint density at radius 3 is 2.25 bits per heavy atom. The van der Waals surface area contributed by atoms with Crippen LogP contribution < -0.4 is 4.87 Å². The van der Waals surface area contributed by atoms with Gasteiger partial charge in [-0.15, -0.1) is 0 Å². The summed E-state index contributed by atoms with van der Waals surface area (Å²) < 4.78 is 1.55. The molecule has 2 aromatic rings. The number of benzene rings is 1. The van der Waals surface area contributed by atoms with Crippen LogP contribution in [0, 0.1) is 13.8 Å². The highest BCUT2D eigenvalue weighted by molar-refractivity contribution is 7.09. The molecule has 0 saturated carbocycles. The van der Waals surface area contributed by atoms with Gasteiger partial charge in [-0.25, -0.2) is 0 Å². The molecule has 20 heavy (non-hydrogen) atoms. The van der Waals surface area contributed by atoms with E-state index in [0.29, 0.717) is 11.5 Å². The molecule has 106 valence electrons. The van der Waals surface area contributed by atoms with Crippen LogP contribution in [0.4, 0.5) is 0 Å². The molecule has 1 aromatic carbocycles. The summed E-state index contributed by atoms with van der Waals surface area (Å²) in [5.74, 6) is 0.423. The Bertz CT molecular complexity index is 677. The summed E-state index contributed by atoms with van der Waals surface area (Å²) in [7, 11) is 0. The minimum absolute atomic E-state index is 0.0247. The van der Waals surface area contributed by atoms with Crippen molar-refractivity contribution >= 4 is 17.1 Å². The number of aryl methyl sites for hydroxylation is 1. The fraction of sp³-hybridized carbons (Fsp3) is 0.375.